The minimum absolute atomic E-state index is 0.187. The van der Waals surface area contributed by atoms with Crippen molar-refractivity contribution < 1.29 is 9.18 Å². The van der Waals surface area contributed by atoms with E-state index in [1.807, 2.05) is 6.92 Å². The van der Waals surface area contributed by atoms with Gasteiger partial charge in [-0.25, -0.2) is 4.39 Å². The lowest BCUT2D eigenvalue weighted by atomic mass is 9.95. The number of primary amides is 1. The third-order valence-electron chi connectivity index (χ3n) is 2.18. The topological polar surface area (TPSA) is 43.1 Å². The number of halogens is 1. The fourth-order valence-corrected chi connectivity index (χ4v) is 1.13. The molecule has 0 radical (unpaired) electrons. The molecule has 0 bridgehead atoms. The first-order chi connectivity index (χ1) is 5.56. The number of carbonyl (C=O) groups is 1. The zero-order chi connectivity index (χ0) is 9.61. The molecule has 0 spiro atoms. The van der Waals surface area contributed by atoms with Gasteiger partial charge in [0.25, 0.3) is 5.91 Å². The van der Waals surface area contributed by atoms with E-state index in [-0.39, 0.29) is 12.8 Å². The number of nitrogens with two attached hydrogens (primary N) is 1. The monoisotopic (exact) mass is 175 g/mol. The van der Waals surface area contributed by atoms with E-state index in [0.717, 1.165) is 19.3 Å². The van der Waals surface area contributed by atoms with Crippen molar-refractivity contribution in [2.24, 2.45) is 5.73 Å². The van der Waals surface area contributed by atoms with Crippen LogP contribution in [0.2, 0.25) is 0 Å². The zero-order valence-electron chi connectivity index (χ0n) is 7.90. The van der Waals surface area contributed by atoms with E-state index in [0.29, 0.717) is 0 Å². The average Bonchev–Trinajstić information content (AvgIpc) is 2.04. The predicted molar refractivity (Wildman–Crippen MR) is 47.5 cm³/mol. The van der Waals surface area contributed by atoms with Gasteiger partial charge in [0, 0.05) is 0 Å². The van der Waals surface area contributed by atoms with Gasteiger partial charge in [-0.15, -0.1) is 0 Å². The normalized spacial score (nSPS) is 15.6. The van der Waals surface area contributed by atoms with Crippen LogP contribution in [0.25, 0.3) is 0 Å². The second-order valence-corrected chi connectivity index (χ2v) is 3.14. The summed E-state index contributed by atoms with van der Waals surface area (Å²) in [6.45, 7) is 3.69. The van der Waals surface area contributed by atoms with Crippen LogP contribution in [0.4, 0.5) is 4.39 Å². The van der Waals surface area contributed by atoms with Gasteiger partial charge < -0.3 is 5.73 Å². The van der Waals surface area contributed by atoms with Crippen molar-refractivity contribution in [1.29, 1.82) is 0 Å². The van der Waals surface area contributed by atoms with Crippen molar-refractivity contribution in [3.05, 3.63) is 0 Å². The van der Waals surface area contributed by atoms with Gasteiger partial charge in [-0.2, -0.15) is 0 Å². The van der Waals surface area contributed by atoms with E-state index in [9.17, 15) is 9.18 Å². The number of rotatable bonds is 6. The number of alkyl halides is 1. The summed E-state index contributed by atoms with van der Waals surface area (Å²) in [6, 6.07) is 0. The maximum atomic E-state index is 13.5. The van der Waals surface area contributed by atoms with Crippen LogP contribution in [0, 0.1) is 0 Å². The zero-order valence-corrected chi connectivity index (χ0v) is 7.90. The molecule has 2 nitrogen and oxygen atoms in total. The maximum absolute atomic E-state index is 13.5. The molecule has 0 aromatic rings. The molecule has 0 saturated carbocycles. The van der Waals surface area contributed by atoms with Crippen LogP contribution < -0.4 is 5.73 Å². The summed E-state index contributed by atoms with van der Waals surface area (Å²) in [7, 11) is 0. The molecular formula is C9H18FNO. The Balaban J connectivity index is 3.88. The minimum Gasteiger partial charge on any atom is -0.367 e. The second-order valence-electron chi connectivity index (χ2n) is 3.14. The van der Waals surface area contributed by atoms with Crippen LogP contribution in [0.3, 0.4) is 0 Å². The Hall–Kier alpha value is -0.600. The Morgan fingerprint density at radius 3 is 2.33 bits per heavy atom. The Kier molecular flexibility index (Phi) is 4.86. The molecule has 0 aromatic carbocycles. The highest BCUT2D eigenvalue weighted by molar-refractivity contribution is 5.83. The largest absolute Gasteiger partial charge is 0.367 e. The van der Waals surface area contributed by atoms with E-state index in [4.69, 9.17) is 5.73 Å². The molecule has 0 saturated heterocycles. The Morgan fingerprint density at radius 1 is 1.42 bits per heavy atom. The quantitative estimate of drug-likeness (QED) is 0.618. The highest BCUT2D eigenvalue weighted by Gasteiger charge is 2.33. The van der Waals surface area contributed by atoms with Gasteiger partial charge >= 0.3 is 0 Å². The maximum Gasteiger partial charge on any atom is 0.255 e. The molecule has 1 atom stereocenters. The fourth-order valence-electron chi connectivity index (χ4n) is 1.13. The van der Waals surface area contributed by atoms with Gasteiger partial charge in [0.1, 0.15) is 0 Å². The van der Waals surface area contributed by atoms with Gasteiger partial charge in [0.15, 0.2) is 5.67 Å². The number of hydrogen-bond donors (Lipinski definition) is 1. The smallest absolute Gasteiger partial charge is 0.255 e. The molecular weight excluding hydrogens is 157 g/mol. The predicted octanol–water partition coefficient (Wildman–Crippen LogP) is 2.17. The molecule has 0 heterocycles. The highest BCUT2D eigenvalue weighted by atomic mass is 19.1. The SMILES string of the molecule is CCCCCC(F)(CC)C(N)=O. The average molecular weight is 175 g/mol. The van der Waals surface area contributed by atoms with E-state index in [2.05, 4.69) is 0 Å². The van der Waals surface area contributed by atoms with Crippen LogP contribution >= 0.6 is 0 Å². The molecule has 0 rings (SSSR count). The van der Waals surface area contributed by atoms with Crippen molar-refractivity contribution in [2.75, 3.05) is 0 Å². The molecule has 3 heteroatoms. The first-order valence-electron chi connectivity index (χ1n) is 4.55. The molecule has 2 N–H and O–H groups in total. The van der Waals surface area contributed by atoms with Crippen LogP contribution in [-0.4, -0.2) is 11.6 Å². The van der Waals surface area contributed by atoms with Crippen molar-refractivity contribution in [1.82, 2.24) is 0 Å². The summed E-state index contributed by atoms with van der Waals surface area (Å²) in [5, 5.41) is 0. The lowest BCUT2D eigenvalue weighted by Crippen LogP contribution is -2.39. The first-order valence-corrected chi connectivity index (χ1v) is 4.55. The summed E-state index contributed by atoms with van der Waals surface area (Å²) in [4.78, 5) is 10.7. The second kappa shape index (κ2) is 5.12. The van der Waals surface area contributed by atoms with Crippen LogP contribution in [-0.2, 0) is 4.79 Å². The summed E-state index contributed by atoms with van der Waals surface area (Å²) in [6.07, 6.45) is 3.18. The number of unbranched alkanes of at least 4 members (excludes halogenated alkanes) is 2. The van der Waals surface area contributed by atoms with Gasteiger partial charge in [-0.3, -0.25) is 4.79 Å². The van der Waals surface area contributed by atoms with E-state index in [1.54, 1.807) is 6.92 Å². The molecule has 0 aliphatic carbocycles. The standard InChI is InChI=1S/C9H18FNO/c1-3-5-6-7-9(10,4-2)8(11)12/h3-7H2,1-2H3,(H2,11,12). The Bertz CT molecular complexity index is 149. The molecule has 1 amide bonds. The summed E-state index contributed by atoms with van der Waals surface area (Å²) in [5.74, 6) is -0.818. The first kappa shape index (κ1) is 11.4. The van der Waals surface area contributed by atoms with E-state index < -0.39 is 11.6 Å². The fraction of sp³-hybridized carbons (Fsp3) is 0.889. The summed E-state index contributed by atoms with van der Waals surface area (Å²) in [5.41, 5.74) is 3.18. The van der Waals surface area contributed by atoms with E-state index in [1.165, 1.54) is 0 Å². The van der Waals surface area contributed by atoms with Gasteiger partial charge in [0.2, 0.25) is 0 Å². The van der Waals surface area contributed by atoms with Crippen molar-refractivity contribution in [3.8, 4) is 0 Å². The minimum atomic E-state index is -1.77. The molecule has 12 heavy (non-hydrogen) atoms. The summed E-state index contributed by atoms with van der Waals surface area (Å²) >= 11 is 0. The van der Waals surface area contributed by atoms with E-state index >= 15 is 0 Å². The van der Waals surface area contributed by atoms with Gasteiger partial charge in [-0.1, -0.05) is 26.7 Å². The lowest BCUT2D eigenvalue weighted by molar-refractivity contribution is -0.130. The number of hydrogen-bond acceptors (Lipinski definition) is 1. The number of carbonyl (C=O) groups excluding carboxylic acids is 1. The lowest BCUT2D eigenvalue weighted by Gasteiger charge is -2.19. The Morgan fingerprint density at radius 2 is 2.00 bits per heavy atom. The third kappa shape index (κ3) is 3.20. The molecule has 0 aromatic heterocycles. The van der Waals surface area contributed by atoms with Crippen molar-refractivity contribution in [3.63, 3.8) is 0 Å². The van der Waals surface area contributed by atoms with Gasteiger partial charge in [-0.05, 0) is 19.3 Å². The van der Waals surface area contributed by atoms with Crippen molar-refractivity contribution >= 4 is 5.91 Å². The van der Waals surface area contributed by atoms with Crippen molar-refractivity contribution in [2.45, 2.75) is 51.6 Å². The van der Waals surface area contributed by atoms with Crippen LogP contribution in [0.15, 0.2) is 0 Å². The van der Waals surface area contributed by atoms with Crippen LogP contribution in [0.5, 0.6) is 0 Å². The molecule has 0 aliphatic rings. The Labute approximate surface area is 73.3 Å². The van der Waals surface area contributed by atoms with Crippen LogP contribution in [0.1, 0.15) is 46.0 Å². The molecule has 0 fully saturated rings. The molecule has 72 valence electrons. The molecule has 0 aliphatic heterocycles. The molecule has 1 unspecified atom stereocenters. The summed E-state index contributed by atoms with van der Waals surface area (Å²) < 4.78 is 13.5. The highest BCUT2D eigenvalue weighted by Crippen LogP contribution is 2.23. The third-order valence-corrected chi connectivity index (χ3v) is 2.18. The number of amides is 1. The van der Waals surface area contributed by atoms with Gasteiger partial charge in [0.05, 0.1) is 0 Å².